The van der Waals surface area contributed by atoms with Crippen molar-refractivity contribution in [3.8, 4) is 0 Å². The average Bonchev–Trinajstić information content (AvgIpc) is 1.35. The van der Waals surface area contributed by atoms with Crippen LogP contribution in [0.25, 0.3) is 0 Å². The fourth-order valence-electron chi connectivity index (χ4n) is 0. The van der Waals surface area contributed by atoms with Gasteiger partial charge in [-0.3, -0.25) is 0 Å². The molecule has 0 saturated heterocycles. The Kier molecular flexibility index (Phi) is 7.07. The van der Waals surface area contributed by atoms with Crippen LogP contribution in [-0.2, 0) is 0 Å². The summed E-state index contributed by atoms with van der Waals surface area (Å²) in [4.78, 5) is 0. The quantitative estimate of drug-likeness (QED) is 0.405. The molecule has 7 heavy (non-hydrogen) atoms. The first-order chi connectivity index (χ1) is 2.56. The standard InChI is InChI=1S/C2H5BF3.K.H/c1-2-3(4,5)6;;/h2H2,1H3;;/q-1;+1;-1. The minimum atomic E-state index is -4.49. The Morgan fingerprint density at radius 2 is 1.57 bits per heavy atom. The molecule has 0 bridgehead atoms. The fourth-order valence-corrected chi connectivity index (χ4v) is 0. The molecule has 0 aromatic carbocycles. The van der Waals surface area contributed by atoms with E-state index in [2.05, 4.69) is 0 Å². The van der Waals surface area contributed by atoms with Crippen LogP contribution in [0.15, 0.2) is 0 Å². The van der Waals surface area contributed by atoms with Gasteiger partial charge >= 0.3 is 58.4 Å². The minimum absolute atomic E-state index is 0. The largest absolute Gasteiger partial charge is 1.00 e. The SMILES string of the molecule is CC[B-](F)(F)F.[H-].[K+]. The van der Waals surface area contributed by atoms with E-state index in [0.717, 1.165) is 6.92 Å². The second-order valence-corrected chi connectivity index (χ2v) is 1.12. The van der Waals surface area contributed by atoms with E-state index < -0.39 is 13.3 Å². The first-order valence-electron chi connectivity index (χ1n) is 1.77. The van der Waals surface area contributed by atoms with Crippen molar-refractivity contribution in [2.75, 3.05) is 0 Å². The molecule has 5 heteroatoms. The maximum Gasteiger partial charge on any atom is 1.00 e. The summed E-state index contributed by atoms with van der Waals surface area (Å²) >= 11 is 0. The zero-order chi connectivity index (χ0) is 5.21. The van der Waals surface area contributed by atoms with Gasteiger partial charge in [0.25, 0.3) is 0 Å². The Morgan fingerprint density at radius 1 is 1.43 bits per heavy atom. The Hall–Kier alpha value is 1.49. The van der Waals surface area contributed by atoms with Crippen LogP contribution >= 0.6 is 0 Å². The molecule has 0 aromatic heterocycles. The van der Waals surface area contributed by atoms with E-state index in [9.17, 15) is 12.9 Å². The van der Waals surface area contributed by atoms with Gasteiger partial charge in [0.05, 0.1) is 0 Å². The van der Waals surface area contributed by atoms with Crippen LogP contribution in [0.3, 0.4) is 0 Å². The Morgan fingerprint density at radius 3 is 1.57 bits per heavy atom. The zero-order valence-corrected chi connectivity index (χ0v) is 7.54. The summed E-state index contributed by atoms with van der Waals surface area (Å²) in [5.74, 6) is 0. The van der Waals surface area contributed by atoms with Crippen molar-refractivity contribution in [3.05, 3.63) is 0 Å². The Balaban J connectivity index is -0.000000125. The van der Waals surface area contributed by atoms with Gasteiger partial charge in [0.2, 0.25) is 0 Å². The predicted molar refractivity (Wildman–Crippen MR) is 20.7 cm³/mol. The van der Waals surface area contributed by atoms with Crippen LogP contribution < -0.4 is 51.4 Å². The van der Waals surface area contributed by atoms with Gasteiger partial charge in [0, 0.05) is 0 Å². The van der Waals surface area contributed by atoms with Crippen molar-refractivity contribution in [3.63, 3.8) is 0 Å². The van der Waals surface area contributed by atoms with Crippen LogP contribution in [0.2, 0.25) is 6.32 Å². The summed E-state index contributed by atoms with van der Waals surface area (Å²) in [6.07, 6.45) is -0.667. The minimum Gasteiger partial charge on any atom is -1.00 e. The number of rotatable bonds is 1. The van der Waals surface area contributed by atoms with Gasteiger partial charge in [-0.2, -0.15) is 0 Å². The second kappa shape index (κ2) is 4.38. The van der Waals surface area contributed by atoms with Crippen LogP contribution in [0.5, 0.6) is 0 Å². The van der Waals surface area contributed by atoms with Crippen molar-refractivity contribution in [2.24, 2.45) is 0 Å². The molecule has 0 aromatic rings. The molecular weight excluding hydrogens is 131 g/mol. The molecule has 0 aliphatic rings. The van der Waals surface area contributed by atoms with Gasteiger partial charge in [-0.1, -0.05) is 13.2 Å². The predicted octanol–water partition coefficient (Wildman–Crippen LogP) is -1.03. The van der Waals surface area contributed by atoms with Crippen LogP contribution in [-0.4, -0.2) is 6.98 Å². The van der Waals surface area contributed by atoms with E-state index in [1.807, 2.05) is 0 Å². The molecule has 40 valence electrons. The molecule has 0 saturated carbocycles. The van der Waals surface area contributed by atoms with Gasteiger partial charge in [0.1, 0.15) is 0 Å². The number of hydrogen-bond donors (Lipinski definition) is 0. The van der Waals surface area contributed by atoms with E-state index in [0.29, 0.717) is 0 Å². The molecule has 0 aliphatic heterocycles. The Bertz CT molecular complexity index is 47.0. The second-order valence-electron chi connectivity index (χ2n) is 1.12. The van der Waals surface area contributed by atoms with E-state index in [1.165, 1.54) is 0 Å². The fraction of sp³-hybridized carbons (Fsp3) is 1.00. The van der Waals surface area contributed by atoms with Gasteiger partial charge < -0.3 is 14.4 Å². The smallest absolute Gasteiger partial charge is 1.00 e. The van der Waals surface area contributed by atoms with Gasteiger partial charge in [-0.05, 0) is 0 Å². The molecule has 0 unspecified atom stereocenters. The van der Waals surface area contributed by atoms with Crippen LogP contribution in [0.1, 0.15) is 8.35 Å². The normalized spacial score (nSPS) is 10.3. The molecule has 0 spiro atoms. The summed E-state index contributed by atoms with van der Waals surface area (Å²) in [6, 6.07) is 0. The van der Waals surface area contributed by atoms with E-state index >= 15 is 0 Å². The maximum absolute atomic E-state index is 10.8. The summed E-state index contributed by atoms with van der Waals surface area (Å²) in [6.45, 7) is -3.37. The van der Waals surface area contributed by atoms with Crippen molar-refractivity contribution in [2.45, 2.75) is 13.2 Å². The van der Waals surface area contributed by atoms with Crippen LogP contribution in [0.4, 0.5) is 12.9 Å². The topological polar surface area (TPSA) is 0 Å². The maximum atomic E-state index is 10.8. The molecule has 0 aliphatic carbocycles. The van der Waals surface area contributed by atoms with Crippen molar-refractivity contribution in [1.82, 2.24) is 0 Å². The summed E-state index contributed by atoms with van der Waals surface area (Å²) in [5.41, 5.74) is 0. The number of hydrogen-bond acceptors (Lipinski definition) is 0. The molecule has 0 nitrogen and oxygen atoms in total. The molecule has 0 radical (unpaired) electrons. The van der Waals surface area contributed by atoms with Crippen molar-refractivity contribution in [1.29, 1.82) is 0 Å². The third-order valence-electron chi connectivity index (χ3n) is 0.463. The summed E-state index contributed by atoms with van der Waals surface area (Å²) in [7, 11) is 0. The molecule has 0 fully saturated rings. The molecular formula is C2H6BF3K-. The number of halogens is 3. The third kappa shape index (κ3) is 11.2. The zero-order valence-electron chi connectivity index (χ0n) is 5.42. The summed E-state index contributed by atoms with van der Waals surface area (Å²) in [5, 5.41) is 0. The molecule has 0 atom stereocenters. The van der Waals surface area contributed by atoms with Crippen molar-refractivity contribution < 1.29 is 65.8 Å². The first kappa shape index (κ1) is 11.3. The Labute approximate surface area is 84.8 Å². The monoisotopic (exact) mass is 137 g/mol. The van der Waals surface area contributed by atoms with Gasteiger partial charge in [0.15, 0.2) is 0 Å². The molecule has 0 heterocycles. The molecule has 0 N–H and O–H groups in total. The van der Waals surface area contributed by atoms with Crippen molar-refractivity contribution >= 4 is 6.98 Å². The first-order valence-corrected chi connectivity index (χ1v) is 1.77. The molecule has 0 amide bonds. The third-order valence-corrected chi connectivity index (χ3v) is 0.463. The van der Waals surface area contributed by atoms with E-state index in [-0.39, 0.29) is 52.8 Å². The van der Waals surface area contributed by atoms with Crippen LogP contribution in [0, 0.1) is 0 Å². The molecule has 0 rings (SSSR count). The average molecular weight is 137 g/mol. The van der Waals surface area contributed by atoms with E-state index in [4.69, 9.17) is 0 Å². The van der Waals surface area contributed by atoms with Gasteiger partial charge in [-0.15, -0.1) is 0 Å². The summed E-state index contributed by atoms with van der Waals surface area (Å²) < 4.78 is 32.5. The van der Waals surface area contributed by atoms with Gasteiger partial charge in [-0.25, -0.2) is 0 Å². The van der Waals surface area contributed by atoms with E-state index in [1.54, 1.807) is 0 Å².